The number of likely N-dealkylation sites (tertiary alicyclic amines) is 1. The van der Waals surface area contributed by atoms with Gasteiger partial charge in [-0.2, -0.15) is 0 Å². The highest BCUT2D eigenvalue weighted by atomic mass is 16.6. The second kappa shape index (κ2) is 6.43. The summed E-state index contributed by atoms with van der Waals surface area (Å²) in [5.74, 6) is -0.0963. The van der Waals surface area contributed by atoms with Crippen LogP contribution in [0.2, 0.25) is 0 Å². The maximum absolute atomic E-state index is 12.1. The lowest BCUT2D eigenvalue weighted by atomic mass is 10.0. The van der Waals surface area contributed by atoms with E-state index in [9.17, 15) is 9.59 Å². The lowest BCUT2D eigenvalue weighted by Crippen LogP contribution is -2.53. The van der Waals surface area contributed by atoms with E-state index in [1.54, 1.807) is 23.8 Å². The molecule has 6 nitrogen and oxygen atoms in total. The van der Waals surface area contributed by atoms with Gasteiger partial charge in [0.15, 0.2) is 0 Å². The second-order valence-corrected chi connectivity index (χ2v) is 6.46. The molecule has 1 saturated heterocycles. The monoisotopic (exact) mass is 285 g/mol. The van der Waals surface area contributed by atoms with Crippen molar-refractivity contribution in [3.05, 3.63) is 0 Å². The van der Waals surface area contributed by atoms with E-state index in [-0.39, 0.29) is 18.0 Å². The summed E-state index contributed by atoms with van der Waals surface area (Å²) in [6, 6.07) is -0.508. The summed E-state index contributed by atoms with van der Waals surface area (Å²) in [5.41, 5.74) is 5.12. The van der Waals surface area contributed by atoms with E-state index in [0.717, 1.165) is 12.8 Å². The zero-order valence-electron chi connectivity index (χ0n) is 13.2. The summed E-state index contributed by atoms with van der Waals surface area (Å²) in [5, 5.41) is 0. The first kappa shape index (κ1) is 16.8. The van der Waals surface area contributed by atoms with Crippen LogP contribution in [-0.4, -0.2) is 59.6 Å². The SMILES string of the molecule is C[C@H](N)C(=O)N(C)[C@H]1CCCN(C(=O)OC(C)(C)C)C1. The van der Waals surface area contributed by atoms with Gasteiger partial charge < -0.3 is 20.3 Å². The quantitative estimate of drug-likeness (QED) is 0.827. The largest absolute Gasteiger partial charge is 0.444 e. The van der Waals surface area contributed by atoms with Crippen LogP contribution in [0.5, 0.6) is 0 Å². The fourth-order valence-corrected chi connectivity index (χ4v) is 2.26. The number of likely N-dealkylation sites (N-methyl/N-ethyl adjacent to an activating group) is 1. The third-order valence-corrected chi connectivity index (χ3v) is 3.33. The number of nitrogens with two attached hydrogens (primary N) is 1. The molecule has 1 aliphatic heterocycles. The van der Waals surface area contributed by atoms with E-state index < -0.39 is 11.6 Å². The van der Waals surface area contributed by atoms with Gasteiger partial charge in [-0.1, -0.05) is 0 Å². The molecule has 1 aliphatic rings. The van der Waals surface area contributed by atoms with Gasteiger partial charge in [-0.05, 0) is 40.5 Å². The maximum Gasteiger partial charge on any atom is 0.410 e. The number of piperidine rings is 1. The van der Waals surface area contributed by atoms with Crippen LogP contribution >= 0.6 is 0 Å². The Bertz CT molecular complexity index is 363. The number of hydrogen-bond acceptors (Lipinski definition) is 4. The van der Waals surface area contributed by atoms with Gasteiger partial charge in [0, 0.05) is 26.2 Å². The van der Waals surface area contributed by atoms with Crippen molar-refractivity contribution in [2.45, 2.75) is 58.2 Å². The summed E-state index contributed by atoms with van der Waals surface area (Å²) in [7, 11) is 1.74. The molecule has 2 atom stereocenters. The van der Waals surface area contributed by atoms with Crippen LogP contribution in [-0.2, 0) is 9.53 Å². The Morgan fingerprint density at radius 2 is 2.00 bits per heavy atom. The van der Waals surface area contributed by atoms with Gasteiger partial charge in [0.1, 0.15) is 5.60 Å². The number of hydrogen-bond donors (Lipinski definition) is 1. The Morgan fingerprint density at radius 3 is 2.50 bits per heavy atom. The Balaban J connectivity index is 2.63. The van der Waals surface area contributed by atoms with Crippen LogP contribution in [0.1, 0.15) is 40.5 Å². The summed E-state index contributed by atoms with van der Waals surface area (Å²) >= 11 is 0. The first-order valence-electron chi connectivity index (χ1n) is 7.12. The topological polar surface area (TPSA) is 75.9 Å². The van der Waals surface area contributed by atoms with E-state index in [2.05, 4.69) is 0 Å². The van der Waals surface area contributed by atoms with Gasteiger partial charge in [-0.3, -0.25) is 4.79 Å². The fraction of sp³-hybridized carbons (Fsp3) is 0.857. The summed E-state index contributed by atoms with van der Waals surface area (Å²) in [4.78, 5) is 27.3. The van der Waals surface area contributed by atoms with Crippen LogP contribution in [0.15, 0.2) is 0 Å². The van der Waals surface area contributed by atoms with Crippen LogP contribution in [0.4, 0.5) is 4.79 Å². The summed E-state index contributed by atoms with van der Waals surface area (Å²) in [6.45, 7) is 8.39. The van der Waals surface area contributed by atoms with Crippen molar-refractivity contribution in [1.82, 2.24) is 9.80 Å². The minimum atomic E-state index is -0.517. The molecule has 0 bridgehead atoms. The molecule has 20 heavy (non-hydrogen) atoms. The van der Waals surface area contributed by atoms with Crippen molar-refractivity contribution >= 4 is 12.0 Å². The molecule has 1 heterocycles. The molecule has 0 spiro atoms. The zero-order chi connectivity index (χ0) is 15.5. The van der Waals surface area contributed by atoms with E-state index in [1.165, 1.54) is 0 Å². The number of carbonyl (C=O) groups excluding carboxylic acids is 2. The Labute approximate surface area is 121 Å². The molecule has 6 heteroatoms. The first-order valence-corrected chi connectivity index (χ1v) is 7.12. The highest BCUT2D eigenvalue weighted by Crippen LogP contribution is 2.18. The van der Waals surface area contributed by atoms with Crippen LogP contribution in [0.25, 0.3) is 0 Å². The molecule has 116 valence electrons. The molecular weight excluding hydrogens is 258 g/mol. The normalized spacial score (nSPS) is 21.3. The van der Waals surface area contributed by atoms with Gasteiger partial charge in [0.2, 0.25) is 5.91 Å². The molecule has 2 amide bonds. The smallest absolute Gasteiger partial charge is 0.410 e. The molecule has 0 aromatic heterocycles. The summed E-state index contributed by atoms with van der Waals surface area (Å²) in [6.07, 6.45) is 1.43. The molecule has 0 saturated carbocycles. The Kier molecular flexibility index (Phi) is 5.39. The van der Waals surface area contributed by atoms with Crippen LogP contribution in [0.3, 0.4) is 0 Å². The van der Waals surface area contributed by atoms with Crippen molar-refractivity contribution in [1.29, 1.82) is 0 Å². The van der Waals surface area contributed by atoms with Gasteiger partial charge >= 0.3 is 6.09 Å². The molecule has 0 aromatic carbocycles. The predicted octanol–water partition coefficient (Wildman–Crippen LogP) is 1.19. The molecule has 0 aliphatic carbocycles. The molecular formula is C14H27N3O3. The molecule has 0 radical (unpaired) electrons. The molecule has 0 unspecified atom stereocenters. The molecule has 0 aromatic rings. The standard InChI is InChI=1S/C14H27N3O3/c1-10(15)12(18)16(5)11-7-6-8-17(9-11)13(19)20-14(2,3)4/h10-11H,6-9,15H2,1-5H3/t10-,11-/m0/s1. The highest BCUT2D eigenvalue weighted by Gasteiger charge is 2.31. The van der Waals surface area contributed by atoms with Crippen molar-refractivity contribution in [3.63, 3.8) is 0 Å². The van der Waals surface area contributed by atoms with Crippen LogP contribution in [0, 0.1) is 0 Å². The van der Waals surface area contributed by atoms with Crippen molar-refractivity contribution in [3.8, 4) is 0 Å². The minimum absolute atomic E-state index is 0.00904. The Morgan fingerprint density at radius 1 is 1.40 bits per heavy atom. The van der Waals surface area contributed by atoms with Crippen molar-refractivity contribution in [2.24, 2.45) is 5.73 Å². The van der Waals surface area contributed by atoms with Gasteiger partial charge in [-0.25, -0.2) is 4.79 Å². The van der Waals surface area contributed by atoms with Gasteiger partial charge in [0.05, 0.1) is 6.04 Å². The van der Waals surface area contributed by atoms with Gasteiger partial charge in [-0.15, -0.1) is 0 Å². The number of nitrogens with zero attached hydrogens (tertiary/aromatic N) is 2. The third-order valence-electron chi connectivity index (χ3n) is 3.33. The first-order chi connectivity index (χ1) is 9.11. The third kappa shape index (κ3) is 4.67. The van der Waals surface area contributed by atoms with Crippen molar-refractivity contribution in [2.75, 3.05) is 20.1 Å². The van der Waals surface area contributed by atoms with Crippen molar-refractivity contribution < 1.29 is 14.3 Å². The molecule has 1 rings (SSSR count). The molecule has 2 N–H and O–H groups in total. The minimum Gasteiger partial charge on any atom is -0.444 e. The lowest BCUT2D eigenvalue weighted by Gasteiger charge is -2.38. The number of ether oxygens (including phenoxy) is 1. The number of amides is 2. The van der Waals surface area contributed by atoms with E-state index in [0.29, 0.717) is 13.1 Å². The Hall–Kier alpha value is -1.30. The van der Waals surface area contributed by atoms with Crippen LogP contribution < -0.4 is 5.73 Å². The average molecular weight is 285 g/mol. The second-order valence-electron chi connectivity index (χ2n) is 6.46. The fourth-order valence-electron chi connectivity index (χ4n) is 2.26. The van der Waals surface area contributed by atoms with E-state index >= 15 is 0 Å². The predicted molar refractivity (Wildman–Crippen MR) is 77.2 cm³/mol. The average Bonchev–Trinajstić information content (AvgIpc) is 2.35. The lowest BCUT2D eigenvalue weighted by molar-refractivity contribution is -0.134. The van der Waals surface area contributed by atoms with E-state index in [4.69, 9.17) is 10.5 Å². The number of carbonyl (C=O) groups is 2. The maximum atomic E-state index is 12.1. The highest BCUT2D eigenvalue weighted by molar-refractivity contribution is 5.81. The number of rotatable bonds is 2. The molecule has 1 fully saturated rings. The summed E-state index contributed by atoms with van der Waals surface area (Å²) < 4.78 is 5.37. The zero-order valence-corrected chi connectivity index (χ0v) is 13.2. The van der Waals surface area contributed by atoms with Gasteiger partial charge in [0.25, 0.3) is 0 Å². The van der Waals surface area contributed by atoms with E-state index in [1.807, 2.05) is 20.8 Å².